The Kier molecular flexibility index (Phi) is 22.0. The minimum absolute atomic E-state index is 0. The zero-order valence-corrected chi connectivity index (χ0v) is 36.7. The summed E-state index contributed by atoms with van der Waals surface area (Å²) in [5.41, 5.74) is 1.19. The first-order valence-electron chi connectivity index (χ1n) is 18.2. The van der Waals surface area contributed by atoms with Crippen molar-refractivity contribution in [3.8, 4) is 143 Å². The number of aliphatic hydroxyl groups is 1. The molecule has 334 valence electrons. The van der Waals surface area contributed by atoms with Gasteiger partial charge in [-0.3, -0.25) is 4.79 Å². The molecule has 0 aliphatic carbocycles. The molecule has 1 rings (SSSR count). The van der Waals surface area contributed by atoms with Gasteiger partial charge in [-0.05, 0) is 149 Å². The molecule has 0 aliphatic heterocycles. The molecule has 0 bridgehead atoms. The Morgan fingerprint density at radius 3 is 1.44 bits per heavy atom. The van der Waals surface area contributed by atoms with Crippen molar-refractivity contribution >= 4 is 22.5 Å². The van der Waals surface area contributed by atoms with Crippen molar-refractivity contribution in [3.63, 3.8) is 0 Å². The summed E-state index contributed by atoms with van der Waals surface area (Å²) in [5.74, 6) is 57.4. The summed E-state index contributed by atoms with van der Waals surface area (Å²) in [6.07, 6.45) is 5.31. The van der Waals surface area contributed by atoms with Gasteiger partial charge in [0, 0.05) is 69.8 Å². The van der Waals surface area contributed by atoms with E-state index in [1.165, 1.54) is 5.56 Å². The fourth-order valence-electron chi connectivity index (χ4n) is 4.02. The lowest BCUT2D eigenvalue weighted by Crippen LogP contribution is -2.60. The van der Waals surface area contributed by atoms with Gasteiger partial charge >= 0.3 is 0 Å². The molecular weight excluding hydrogens is 735 g/mol. The first-order chi connectivity index (χ1) is 26.9. The normalized spacial score (nSPS) is 11.2. The van der Waals surface area contributed by atoms with Crippen LogP contribution in [-0.2, 0) is 20.1 Å². The molecule has 2 N–H and O–H groups in total. The molecule has 0 saturated heterocycles. The predicted octanol–water partition coefficient (Wildman–Crippen LogP) is 11.8. The van der Waals surface area contributed by atoms with Gasteiger partial charge in [-0.2, -0.15) is 0 Å². The number of aryl methyl sites for hydroxylation is 1. The molecule has 1 aromatic rings. The largest absolute Gasteiger partial charge is 0.411 e. The van der Waals surface area contributed by atoms with Crippen molar-refractivity contribution in [2.45, 2.75) is 115 Å². The second kappa shape index (κ2) is 25.7. The highest BCUT2D eigenvalue weighted by Gasteiger charge is 2.46. The number of rotatable bonds is 12. The Bertz CT molecular complexity index is 2400. The van der Waals surface area contributed by atoms with E-state index in [0.29, 0.717) is 6.42 Å². The van der Waals surface area contributed by atoms with Crippen molar-refractivity contribution in [1.29, 1.82) is 0 Å². The van der Waals surface area contributed by atoms with Crippen LogP contribution in [0.5, 0.6) is 0 Å². The number of hydrogen-bond acceptors (Lipinski definition) is 4. The average molecular weight is 833 g/mol. The molecule has 0 aliphatic rings. The second-order valence-electron chi connectivity index (χ2n) is 15.3. The average Bonchev–Trinajstić information content (AvgIpc) is 3.14. The molecule has 0 radical (unpaired) electrons. The minimum Gasteiger partial charge on any atom is -0.411 e. The van der Waals surface area contributed by atoms with Crippen LogP contribution in [0.3, 0.4) is 0 Å². The molecule has 7 heteroatoms. The van der Waals surface area contributed by atoms with E-state index in [0.717, 1.165) is 6.42 Å². The third kappa shape index (κ3) is 20.8. The van der Waals surface area contributed by atoms with E-state index in [4.69, 9.17) is 15.3 Å². The van der Waals surface area contributed by atoms with Crippen molar-refractivity contribution in [2.24, 2.45) is 0 Å². The van der Waals surface area contributed by atoms with Crippen LogP contribution in [0.25, 0.3) is 0 Å². The molecular formula is C50H97NO4Si2. The lowest BCUT2D eigenvalue weighted by molar-refractivity contribution is -0.122. The highest BCUT2D eigenvalue weighted by atomic mass is 28.4. The molecule has 1 amide bonds. The number of terminal acetylenes is 1. The van der Waals surface area contributed by atoms with Crippen molar-refractivity contribution in [2.75, 3.05) is 6.61 Å². The van der Waals surface area contributed by atoms with Crippen LogP contribution in [0.1, 0.15) is 94.2 Å². The topological polar surface area (TPSA) is 67.8 Å². The van der Waals surface area contributed by atoms with Gasteiger partial charge in [-0.15, -0.1) is 6.42 Å². The minimum atomic E-state index is -2.39. The smallest absolute Gasteiger partial charge is 0.232 e. The van der Waals surface area contributed by atoms with E-state index in [-0.39, 0.29) is 69.4 Å². The van der Waals surface area contributed by atoms with Crippen LogP contribution < -0.4 is 5.32 Å². The van der Waals surface area contributed by atoms with Crippen LogP contribution in [0.2, 0.25) is 36.3 Å². The fourth-order valence-corrected chi connectivity index (χ4v) is 6.73. The summed E-state index contributed by atoms with van der Waals surface area (Å²) in [4.78, 5) is 13.2. The first-order valence-corrected chi connectivity index (χ1v) is 24.0. The van der Waals surface area contributed by atoms with Gasteiger partial charge in [0.1, 0.15) is 0 Å². The predicted molar refractivity (Wildman–Crippen MR) is 288 cm³/mol. The highest BCUT2D eigenvalue weighted by molar-refractivity contribution is 6.74. The second-order valence-corrected chi connectivity index (χ2v) is 24.8. The molecule has 0 heterocycles. The maximum Gasteiger partial charge on any atom is 0.232 e. The summed E-state index contributed by atoms with van der Waals surface area (Å²) in [7, 11) is -4.69. The van der Waals surface area contributed by atoms with Gasteiger partial charge in [0.25, 0.3) is 0 Å². The Morgan fingerprint density at radius 1 is 0.667 bits per heavy atom. The zero-order valence-electron chi connectivity index (χ0n) is 34.7. The van der Waals surface area contributed by atoms with Gasteiger partial charge in [0.05, 0.1) is 31.3 Å². The van der Waals surface area contributed by atoms with Gasteiger partial charge in [0.15, 0.2) is 16.6 Å². The molecule has 57 heavy (non-hydrogen) atoms. The number of carbonyl (C=O) groups is 1. The van der Waals surface area contributed by atoms with E-state index in [1.54, 1.807) is 0 Å². The Hall–Kier alpha value is -6.28. The molecule has 1 aromatic carbocycles. The first kappa shape index (κ1) is 48.7. The van der Waals surface area contributed by atoms with Crippen molar-refractivity contribution < 1.29 is 53.0 Å². The summed E-state index contributed by atoms with van der Waals surface area (Å²) < 4.78 is 14.2. The monoisotopic (exact) mass is 832 g/mol. The van der Waals surface area contributed by atoms with Crippen LogP contribution in [-0.4, -0.2) is 52.5 Å². The van der Waals surface area contributed by atoms with Gasteiger partial charge in [-0.25, -0.2) is 0 Å². The molecule has 3 atom stereocenters. The molecule has 5 nitrogen and oxygen atoms in total. The van der Waals surface area contributed by atoms with Crippen LogP contribution >= 0.6 is 0 Å². The Morgan fingerprint density at radius 2 is 1.05 bits per heavy atom. The summed E-state index contributed by atoms with van der Waals surface area (Å²) in [5, 5.41) is 13.6. The number of hydrogen-bond donors (Lipinski definition) is 2. The number of benzene rings is 1. The zero-order chi connectivity index (χ0) is 42.6. The molecule has 0 fully saturated rings. The van der Waals surface area contributed by atoms with Crippen LogP contribution in [0, 0.1) is 143 Å². The Labute approximate surface area is 381 Å². The SMILES string of the molecule is C#CC#CC#CC#CC#CC#CC#CC#CC#CC#CC#CC#CCC(=O)N[C@@H](CO)[C@H](O[Si](C)(C)C(C)(C)C)[C@@H](CCc1ccccc1)O[Si](C)(C)C(C)(C)C.[HH].[HH].[HH].[HH].[HH].[HH].[HH].[HH].[HH].[HH].[HH].[HH].[HH].[HH].[HH].[HH].[HH].[HH].[HH].[HH].[HH].[HH].[HH].[HH]. The molecule has 0 spiro atoms. The number of carbonyl (C=O) groups excluding carboxylic acids is 1. The van der Waals surface area contributed by atoms with Gasteiger partial charge in [-0.1, -0.05) is 77.8 Å². The van der Waals surface area contributed by atoms with Crippen LogP contribution in [0.4, 0.5) is 0 Å². The maximum absolute atomic E-state index is 13.2. The third-order valence-electron chi connectivity index (χ3n) is 9.02. The molecule has 0 unspecified atom stereocenters. The number of nitrogens with one attached hydrogen (secondary N) is 1. The quantitative estimate of drug-likeness (QED) is 0.163. The van der Waals surface area contributed by atoms with Crippen LogP contribution in [0.15, 0.2) is 30.3 Å². The van der Waals surface area contributed by atoms with E-state index in [9.17, 15) is 9.90 Å². The van der Waals surface area contributed by atoms with E-state index < -0.39 is 28.8 Å². The number of aliphatic hydroxyl groups excluding tert-OH is 1. The summed E-state index contributed by atoms with van der Waals surface area (Å²) in [6.45, 7) is 21.6. The Balaban J connectivity index is -0.0000000615. The third-order valence-corrected chi connectivity index (χ3v) is 18.0. The van der Waals surface area contributed by atoms with E-state index >= 15 is 0 Å². The lowest BCUT2D eigenvalue weighted by atomic mass is 9.99. The maximum atomic E-state index is 13.2. The summed E-state index contributed by atoms with van der Waals surface area (Å²) in [6, 6.07) is 9.54. The molecule has 0 saturated carbocycles. The summed E-state index contributed by atoms with van der Waals surface area (Å²) >= 11 is 0. The van der Waals surface area contributed by atoms with Crippen molar-refractivity contribution in [1.82, 2.24) is 5.32 Å². The van der Waals surface area contributed by atoms with E-state index in [1.807, 2.05) is 18.2 Å². The lowest BCUT2D eigenvalue weighted by Gasteiger charge is -2.47. The molecule has 0 aromatic heterocycles. The van der Waals surface area contributed by atoms with E-state index in [2.05, 4.69) is 221 Å². The fraction of sp³-hybridized carbons (Fsp3) is 0.380. The highest BCUT2D eigenvalue weighted by Crippen LogP contribution is 2.41. The van der Waals surface area contributed by atoms with Gasteiger partial charge in [0.2, 0.25) is 5.91 Å². The van der Waals surface area contributed by atoms with Gasteiger partial charge < -0.3 is 19.3 Å². The van der Waals surface area contributed by atoms with Crippen molar-refractivity contribution in [3.05, 3.63) is 35.9 Å². The number of amides is 1. The standard InChI is InChI=1S/C50H49NO4Si2.24H2/c1-12-13-14-15-16-17-18-19-20-21-22-23-24-25-26-27-28-29-30-31-32-33-37-40-47(53)51-45(43-52)48(55-57(10,11)50(5,6)7)46(54-56(8,9)49(2,3)4)42-41-44-38-35-34-36-39-44;;;;;;;;;;;;;;;;;;;;;;;;/h1,34-36,38-39,45-46,48,52H,40-43H2,2-11H3,(H,51,53);24*1H/t45-,46+,48-;;;;;;;;;;;;;;;;;;;;;;;;/m0......................../s1.